The summed E-state index contributed by atoms with van der Waals surface area (Å²) >= 11 is 0. The summed E-state index contributed by atoms with van der Waals surface area (Å²) in [4.78, 5) is 17.2. The largest absolute Gasteiger partial charge is 0.329 e. The number of nitrogens with two attached hydrogens (primary N) is 1. The molecule has 1 aliphatic rings. The van der Waals surface area contributed by atoms with Crippen molar-refractivity contribution in [2.45, 2.75) is 19.9 Å². The molecule has 1 amide bonds. The molecule has 0 bridgehead atoms. The maximum atomic E-state index is 13.5. The Labute approximate surface area is 217 Å². The van der Waals surface area contributed by atoms with E-state index in [2.05, 4.69) is 21.2 Å². The summed E-state index contributed by atoms with van der Waals surface area (Å²) in [6, 6.07) is 18.7. The molecule has 194 valence electrons. The van der Waals surface area contributed by atoms with E-state index in [4.69, 9.17) is 5.73 Å². The average molecular weight is 505 g/mol. The van der Waals surface area contributed by atoms with Gasteiger partial charge in [-0.2, -0.15) is 0 Å². The van der Waals surface area contributed by atoms with E-state index in [1.54, 1.807) is 24.3 Å². The molecule has 3 aromatic rings. The van der Waals surface area contributed by atoms with E-state index >= 15 is 0 Å². The van der Waals surface area contributed by atoms with Gasteiger partial charge in [0.15, 0.2) is 0 Å². The van der Waals surface area contributed by atoms with Crippen LogP contribution in [0, 0.1) is 25.5 Å². The highest BCUT2D eigenvalue weighted by atomic mass is 19.1. The first-order valence-corrected chi connectivity index (χ1v) is 12.6. The molecule has 0 radical (unpaired) electrons. The number of nitrogens with one attached hydrogen (secondary N) is 1. The Morgan fingerprint density at radius 2 is 1.51 bits per heavy atom. The summed E-state index contributed by atoms with van der Waals surface area (Å²) in [6.07, 6.45) is 2.09. The van der Waals surface area contributed by atoms with Crippen LogP contribution in [0.25, 0.3) is 5.57 Å². The monoisotopic (exact) mass is 504 g/mol. The van der Waals surface area contributed by atoms with Crippen LogP contribution in [-0.2, 0) is 4.79 Å². The number of amides is 1. The number of halogens is 2. The van der Waals surface area contributed by atoms with Crippen LogP contribution < -0.4 is 11.1 Å². The molecule has 0 aromatic heterocycles. The molecule has 0 saturated carbocycles. The van der Waals surface area contributed by atoms with Crippen LogP contribution in [0.15, 0.2) is 72.8 Å². The van der Waals surface area contributed by atoms with Gasteiger partial charge in [-0.3, -0.25) is 14.6 Å². The molecule has 37 heavy (non-hydrogen) atoms. The van der Waals surface area contributed by atoms with E-state index in [0.717, 1.165) is 46.6 Å². The van der Waals surface area contributed by atoms with Gasteiger partial charge in [-0.05, 0) is 65.9 Å². The van der Waals surface area contributed by atoms with Gasteiger partial charge in [-0.25, -0.2) is 8.78 Å². The highest BCUT2D eigenvalue weighted by molar-refractivity contribution is 5.93. The SMILES string of the molecule is Cc1cccc(C)c1NC(=O)CN1CCN(CC=C(c2ccc(F)cc2)c2ccc(F)cc2)C(CN)C1. The van der Waals surface area contributed by atoms with Gasteiger partial charge in [-0.1, -0.05) is 48.5 Å². The molecular weight excluding hydrogens is 470 g/mol. The lowest BCUT2D eigenvalue weighted by atomic mass is 9.97. The van der Waals surface area contributed by atoms with Crippen molar-refractivity contribution in [2.24, 2.45) is 5.73 Å². The number of piperazine rings is 1. The molecule has 1 heterocycles. The number of hydrogen-bond donors (Lipinski definition) is 2. The number of carbonyl (C=O) groups is 1. The molecule has 0 spiro atoms. The number of nitrogens with zero attached hydrogens (tertiary/aromatic N) is 2. The highest BCUT2D eigenvalue weighted by Gasteiger charge is 2.27. The van der Waals surface area contributed by atoms with E-state index in [0.29, 0.717) is 26.2 Å². The van der Waals surface area contributed by atoms with Gasteiger partial charge in [0.25, 0.3) is 0 Å². The summed E-state index contributed by atoms with van der Waals surface area (Å²) in [5.41, 5.74) is 11.7. The number of hydrogen-bond acceptors (Lipinski definition) is 4. The Balaban J connectivity index is 1.43. The van der Waals surface area contributed by atoms with E-state index in [9.17, 15) is 13.6 Å². The van der Waals surface area contributed by atoms with E-state index in [1.165, 1.54) is 24.3 Å². The number of rotatable bonds is 8. The highest BCUT2D eigenvalue weighted by Crippen LogP contribution is 2.25. The van der Waals surface area contributed by atoms with Gasteiger partial charge in [0.2, 0.25) is 5.91 Å². The molecule has 5 nitrogen and oxygen atoms in total. The molecule has 7 heteroatoms. The van der Waals surface area contributed by atoms with E-state index in [1.807, 2.05) is 32.0 Å². The van der Waals surface area contributed by atoms with Gasteiger partial charge in [0.1, 0.15) is 11.6 Å². The van der Waals surface area contributed by atoms with Crippen LogP contribution in [0.3, 0.4) is 0 Å². The first-order chi connectivity index (χ1) is 17.8. The van der Waals surface area contributed by atoms with Crippen molar-refractivity contribution in [1.82, 2.24) is 9.80 Å². The van der Waals surface area contributed by atoms with Gasteiger partial charge in [0, 0.05) is 44.5 Å². The van der Waals surface area contributed by atoms with Crippen molar-refractivity contribution in [3.63, 3.8) is 0 Å². The van der Waals surface area contributed by atoms with Crippen molar-refractivity contribution in [2.75, 3.05) is 44.6 Å². The van der Waals surface area contributed by atoms with Crippen LogP contribution in [-0.4, -0.2) is 61.0 Å². The molecular formula is C30H34F2N4O. The Bertz CT molecular complexity index is 1170. The second-order valence-electron chi connectivity index (χ2n) is 9.57. The van der Waals surface area contributed by atoms with Gasteiger partial charge >= 0.3 is 0 Å². The lowest BCUT2D eigenvalue weighted by Gasteiger charge is -2.40. The number of aryl methyl sites for hydroxylation is 2. The molecule has 1 aliphatic heterocycles. The zero-order valence-corrected chi connectivity index (χ0v) is 21.4. The molecule has 4 rings (SSSR count). The first kappa shape index (κ1) is 26.7. The van der Waals surface area contributed by atoms with Crippen LogP contribution >= 0.6 is 0 Å². The van der Waals surface area contributed by atoms with Crippen molar-refractivity contribution in [3.05, 3.63) is 107 Å². The van der Waals surface area contributed by atoms with Crippen LogP contribution in [0.5, 0.6) is 0 Å². The summed E-state index contributed by atoms with van der Waals surface area (Å²) in [5, 5.41) is 3.07. The van der Waals surface area contributed by atoms with Crippen LogP contribution in [0.1, 0.15) is 22.3 Å². The fourth-order valence-corrected chi connectivity index (χ4v) is 4.83. The number of anilines is 1. The zero-order chi connectivity index (χ0) is 26.4. The minimum Gasteiger partial charge on any atom is -0.329 e. The molecule has 1 unspecified atom stereocenters. The lowest BCUT2D eigenvalue weighted by molar-refractivity contribution is -0.118. The number of para-hydroxylation sites is 1. The maximum Gasteiger partial charge on any atom is 0.238 e. The van der Waals surface area contributed by atoms with Crippen molar-refractivity contribution < 1.29 is 13.6 Å². The van der Waals surface area contributed by atoms with Crippen molar-refractivity contribution >= 4 is 17.2 Å². The summed E-state index contributed by atoms with van der Waals surface area (Å²) < 4.78 is 27.1. The topological polar surface area (TPSA) is 61.6 Å². The minimum absolute atomic E-state index is 0.0311. The fraction of sp³-hybridized carbons (Fsp3) is 0.300. The van der Waals surface area contributed by atoms with Crippen molar-refractivity contribution in [3.8, 4) is 0 Å². The number of carbonyl (C=O) groups excluding carboxylic acids is 1. The predicted octanol–water partition coefficient (Wildman–Crippen LogP) is 4.60. The van der Waals surface area contributed by atoms with E-state index < -0.39 is 0 Å². The number of benzene rings is 3. The lowest BCUT2D eigenvalue weighted by Crippen LogP contribution is -2.57. The normalized spacial score (nSPS) is 16.4. The Hall–Kier alpha value is -3.39. The Morgan fingerprint density at radius 1 is 0.946 bits per heavy atom. The summed E-state index contributed by atoms with van der Waals surface area (Å²) in [7, 11) is 0. The van der Waals surface area contributed by atoms with Crippen LogP contribution in [0.4, 0.5) is 14.5 Å². The molecule has 3 aromatic carbocycles. The fourth-order valence-electron chi connectivity index (χ4n) is 4.83. The predicted molar refractivity (Wildman–Crippen MR) is 145 cm³/mol. The summed E-state index contributed by atoms with van der Waals surface area (Å²) in [6.45, 7) is 7.58. The summed E-state index contributed by atoms with van der Waals surface area (Å²) in [5.74, 6) is -0.636. The molecule has 1 fully saturated rings. The smallest absolute Gasteiger partial charge is 0.238 e. The Kier molecular flexibility index (Phi) is 8.82. The van der Waals surface area contributed by atoms with Gasteiger partial charge in [-0.15, -0.1) is 0 Å². The molecule has 0 aliphatic carbocycles. The van der Waals surface area contributed by atoms with E-state index in [-0.39, 0.29) is 23.6 Å². The molecule has 1 atom stereocenters. The third-order valence-corrected chi connectivity index (χ3v) is 6.91. The second kappa shape index (κ2) is 12.2. The van der Waals surface area contributed by atoms with Crippen molar-refractivity contribution in [1.29, 1.82) is 0 Å². The average Bonchev–Trinajstić information content (AvgIpc) is 2.89. The molecule has 1 saturated heterocycles. The Morgan fingerprint density at radius 3 is 2.05 bits per heavy atom. The maximum absolute atomic E-state index is 13.5. The second-order valence-corrected chi connectivity index (χ2v) is 9.57. The third-order valence-electron chi connectivity index (χ3n) is 6.91. The quantitative estimate of drug-likeness (QED) is 0.471. The van der Waals surface area contributed by atoms with Gasteiger partial charge in [0.05, 0.1) is 6.54 Å². The minimum atomic E-state index is -0.303. The zero-order valence-electron chi connectivity index (χ0n) is 21.4. The molecule has 3 N–H and O–H groups in total. The first-order valence-electron chi connectivity index (χ1n) is 12.6. The standard InChI is InChI=1S/C30H34F2N4O/c1-21-4-3-5-22(2)30(21)34-29(37)20-35-16-17-36(27(18-33)19-35)15-14-28(23-6-10-25(31)11-7-23)24-8-12-26(32)13-9-24/h3-14,27H,15-20,33H2,1-2H3,(H,34,37). The van der Waals surface area contributed by atoms with Gasteiger partial charge < -0.3 is 11.1 Å². The third kappa shape index (κ3) is 6.89. The van der Waals surface area contributed by atoms with Crippen LogP contribution in [0.2, 0.25) is 0 Å².